The van der Waals surface area contributed by atoms with Gasteiger partial charge in [0.1, 0.15) is 11.7 Å². The minimum atomic E-state index is -0.841. The number of epoxide rings is 1. The van der Waals surface area contributed by atoms with Gasteiger partial charge in [-0.05, 0) is 85.7 Å². The zero-order chi connectivity index (χ0) is 23.2. The third-order valence-electron chi connectivity index (χ3n) is 11.0. The average molecular weight is 443 g/mol. The fourth-order valence-electron chi connectivity index (χ4n) is 8.90. The van der Waals surface area contributed by atoms with Crippen LogP contribution in [0.3, 0.4) is 0 Å². The lowest BCUT2D eigenvalue weighted by Gasteiger charge is -2.61. The molecule has 5 rings (SSSR count). The Morgan fingerprint density at radius 2 is 1.84 bits per heavy atom. The molecule has 0 bridgehead atoms. The van der Waals surface area contributed by atoms with Crippen molar-refractivity contribution >= 4 is 5.78 Å². The highest BCUT2D eigenvalue weighted by Gasteiger charge is 2.80. The summed E-state index contributed by atoms with van der Waals surface area (Å²) in [5.41, 5.74) is -1.63. The molecule has 4 fully saturated rings. The van der Waals surface area contributed by atoms with Crippen LogP contribution in [0.1, 0.15) is 67.2 Å². The fourth-order valence-corrected chi connectivity index (χ4v) is 8.90. The summed E-state index contributed by atoms with van der Waals surface area (Å²) in [4.78, 5) is 13.3. The lowest BCUT2D eigenvalue weighted by Crippen LogP contribution is -2.68. The van der Waals surface area contributed by atoms with Crippen LogP contribution in [0.5, 0.6) is 0 Å². The largest absolute Gasteiger partial charge is 0.393 e. The van der Waals surface area contributed by atoms with Gasteiger partial charge in [0.05, 0.1) is 17.6 Å². The van der Waals surface area contributed by atoms with Gasteiger partial charge in [0, 0.05) is 5.92 Å². The number of ether oxygens (including phenoxy) is 1. The second-order valence-electron chi connectivity index (χ2n) is 12.6. The molecule has 4 aliphatic carbocycles. The van der Waals surface area contributed by atoms with Gasteiger partial charge < -0.3 is 14.9 Å². The van der Waals surface area contributed by atoms with Gasteiger partial charge in [-0.2, -0.15) is 0 Å². The van der Waals surface area contributed by atoms with E-state index in [9.17, 15) is 15.0 Å². The standard InChI is InChI=1S/C28H42O4/c1-15(2)16(3)7-8-17(4)19-9-10-20-18-13-23(31)28-24(32-28)12-11-22(30)27(28,6)25(18)21(29)14-26(19,20)5/h7-8,11-12,15-21,23-25,29,31H,9-10,13-14H2,1-6H3/t16-,17+,18-,19+,20-,21+,23+,24-,25+,26+,27+,28-/m0/s1. The molecule has 0 radical (unpaired) electrons. The monoisotopic (exact) mass is 442 g/mol. The first-order valence-electron chi connectivity index (χ1n) is 12.9. The van der Waals surface area contributed by atoms with E-state index in [0.29, 0.717) is 36.0 Å². The molecule has 0 aromatic rings. The first kappa shape index (κ1) is 22.8. The van der Waals surface area contributed by atoms with Crippen LogP contribution in [0.2, 0.25) is 0 Å². The van der Waals surface area contributed by atoms with Crippen LogP contribution in [0.15, 0.2) is 24.3 Å². The smallest absolute Gasteiger partial charge is 0.164 e. The second kappa shape index (κ2) is 7.26. The van der Waals surface area contributed by atoms with Crippen molar-refractivity contribution in [3.63, 3.8) is 0 Å². The summed E-state index contributed by atoms with van der Waals surface area (Å²) in [6.07, 6.45) is 10.5. The van der Waals surface area contributed by atoms with Crippen LogP contribution in [0.4, 0.5) is 0 Å². The van der Waals surface area contributed by atoms with E-state index in [4.69, 9.17) is 4.74 Å². The Morgan fingerprint density at radius 3 is 2.53 bits per heavy atom. The summed E-state index contributed by atoms with van der Waals surface area (Å²) >= 11 is 0. The third kappa shape index (κ3) is 2.75. The molecule has 0 aromatic carbocycles. The van der Waals surface area contributed by atoms with Crippen molar-refractivity contribution in [3.05, 3.63) is 24.3 Å². The molecule has 4 nitrogen and oxygen atoms in total. The molecule has 0 unspecified atom stereocenters. The SMILES string of the molecule is CC(C)[C@@H](C)C=C[C@@H](C)[C@H]1CC[C@H]2[C@@H]3C[C@@H](O)[C@]45O[C@H]4C=CC(=O)[C@]5(C)[C@H]3[C@H](O)C[C@]12C. The lowest BCUT2D eigenvalue weighted by atomic mass is 9.43. The van der Waals surface area contributed by atoms with Gasteiger partial charge in [-0.1, -0.05) is 46.8 Å². The minimum absolute atomic E-state index is 0.0242. The number of aliphatic hydroxyl groups is 2. The topological polar surface area (TPSA) is 70.1 Å². The third-order valence-corrected chi connectivity index (χ3v) is 11.0. The second-order valence-corrected chi connectivity index (χ2v) is 12.6. The highest BCUT2D eigenvalue weighted by Crippen LogP contribution is 2.72. The lowest BCUT2D eigenvalue weighted by molar-refractivity contribution is -0.197. The highest BCUT2D eigenvalue weighted by molar-refractivity contribution is 5.98. The fraction of sp³-hybridized carbons (Fsp3) is 0.821. The molecule has 3 saturated carbocycles. The van der Waals surface area contributed by atoms with Gasteiger partial charge in [-0.15, -0.1) is 0 Å². The Balaban J connectivity index is 1.45. The predicted octanol–water partition coefficient (Wildman–Crippen LogP) is 4.55. The molecule has 1 spiro atoms. The Morgan fingerprint density at radius 1 is 1.12 bits per heavy atom. The van der Waals surface area contributed by atoms with Crippen LogP contribution in [0, 0.1) is 52.3 Å². The molecular weight excluding hydrogens is 400 g/mol. The number of fused-ring (bicyclic) bond motifs is 4. The first-order chi connectivity index (χ1) is 15.0. The Kier molecular flexibility index (Phi) is 5.18. The Bertz CT molecular complexity index is 846. The summed E-state index contributed by atoms with van der Waals surface area (Å²) in [5.74, 6) is 2.64. The number of hydrogen-bond donors (Lipinski definition) is 2. The molecule has 0 amide bonds. The summed E-state index contributed by atoms with van der Waals surface area (Å²) in [7, 11) is 0. The normalized spacial score (nSPS) is 53.5. The van der Waals surface area contributed by atoms with Crippen molar-refractivity contribution in [2.75, 3.05) is 0 Å². The number of allylic oxidation sites excluding steroid dienone is 3. The van der Waals surface area contributed by atoms with Crippen molar-refractivity contribution in [2.45, 2.75) is 91.1 Å². The maximum atomic E-state index is 13.3. The van der Waals surface area contributed by atoms with E-state index in [0.717, 1.165) is 19.3 Å². The van der Waals surface area contributed by atoms with E-state index in [1.807, 2.05) is 13.0 Å². The number of ketones is 1. The van der Waals surface area contributed by atoms with Gasteiger partial charge in [-0.3, -0.25) is 4.79 Å². The van der Waals surface area contributed by atoms with Crippen LogP contribution in [-0.2, 0) is 9.53 Å². The molecule has 4 heteroatoms. The summed E-state index contributed by atoms with van der Waals surface area (Å²) in [6, 6.07) is 0. The van der Waals surface area contributed by atoms with Gasteiger partial charge in [-0.25, -0.2) is 0 Å². The summed E-state index contributed by atoms with van der Waals surface area (Å²) in [6.45, 7) is 13.5. The number of aliphatic hydroxyl groups excluding tert-OH is 2. The van der Waals surface area contributed by atoms with Gasteiger partial charge in [0.25, 0.3) is 0 Å². The molecule has 178 valence electrons. The van der Waals surface area contributed by atoms with Crippen molar-refractivity contribution in [3.8, 4) is 0 Å². The van der Waals surface area contributed by atoms with E-state index in [-0.39, 0.29) is 29.1 Å². The predicted molar refractivity (Wildman–Crippen MR) is 125 cm³/mol. The van der Waals surface area contributed by atoms with Crippen LogP contribution < -0.4 is 0 Å². The zero-order valence-electron chi connectivity index (χ0n) is 20.6. The molecule has 5 aliphatic rings. The first-order valence-corrected chi connectivity index (χ1v) is 12.9. The van der Waals surface area contributed by atoms with E-state index in [1.165, 1.54) is 0 Å². The number of carbonyl (C=O) groups is 1. The molecular formula is C28H42O4. The maximum Gasteiger partial charge on any atom is 0.164 e. The van der Waals surface area contributed by atoms with Crippen LogP contribution in [-0.4, -0.2) is 39.9 Å². The number of rotatable bonds is 4. The molecule has 1 saturated heterocycles. The molecule has 1 aliphatic heterocycles. The van der Waals surface area contributed by atoms with Crippen molar-refractivity contribution in [2.24, 2.45) is 52.3 Å². The van der Waals surface area contributed by atoms with E-state index >= 15 is 0 Å². The van der Waals surface area contributed by atoms with Gasteiger partial charge in [0.2, 0.25) is 0 Å². The summed E-state index contributed by atoms with van der Waals surface area (Å²) in [5, 5.41) is 22.9. The van der Waals surface area contributed by atoms with E-state index < -0.39 is 23.2 Å². The zero-order valence-corrected chi connectivity index (χ0v) is 20.6. The van der Waals surface area contributed by atoms with Crippen LogP contribution in [0.25, 0.3) is 0 Å². The van der Waals surface area contributed by atoms with Crippen LogP contribution >= 0.6 is 0 Å². The molecule has 1 heterocycles. The average Bonchev–Trinajstić information content (AvgIpc) is 3.37. The van der Waals surface area contributed by atoms with Gasteiger partial charge in [0.15, 0.2) is 5.78 Å². The maximum absolute atomic E-state index is 13.3. The van der Waals surface area contributed by atoms with Crippen molar-refractivity contribution < 1.29 is 19.7 Å². The highest BCUT2D eigenvalue weighted by atomic mass is 16.6. The quantitative estimate of drug-likeness (QED) is 0.495. The van der Waals surface area contributed by atoms with E-state index in [1.54, 1.807) is 6.08 Å². The minimum Gasteiger partial charge on any atom is -0.393 e. The number of carbonyl (C=O) groups excluding carboxylic acids is 1. The number of hydrogen-bond acceptors (Lipinski definition) is 4. The Labute approximate surface area is 193 Å². The molecule has 2 N–H and O–H groups in total. The van der Waals surface area contributed by atoms with Crippen molar-refractivity contribution in [1.82, 2.24) is 0 Å². The molecule has 12 atom stereocenters. The Hall–Kier alpha value is -0.970. The molecule has 32 heavy (non-hydrogen) atoms. The molecule has 0 aromatic heterocycles. The van der Waals surface area contributed by atoms with Crippen molar-refractivity contribution in [1.29, 1.82) is 0 Å². The summed E-state index contributed by atoms with van der Waals surface area (Å²) < 4.78 is 6.04. The van der Waals surface area contributed by atoms with E-state index in [2.05, 4.69) is 46.8 Å². The van der Waals surface area contributed by atoms with Gasteiger partial charge >= 0.3 is 0 Å².